The topological polar surface area (TPSA) is 60.8 Å². The molecule has 2 unspecified atom stereocenters. The van der Waals surface area contributed by atoms with E-state index in [0.29, 0.717) is 31.0 Å². The van der Waals surface area contributed by atoms with Crippen LogP contribution in [0.3, 0.4) is 0 Å². The molecular weight excluding hydrogens is 497 g/mol. The number of carbonyl (C=O) groups is 1. The Morgan fingerprint density at radius 2 is 1.61 bits per heavy atom. The van der Waals surface area contributed by atoms with Gasteiger partial charge < -0.3 is 10.2 Å². The van der Waals surface area contributed by atoms with Gasteiger partial charge in [0.1, 0.15) is 5.82 Å². The van der Waals surface area contributed by atoms with E-state index >= 15 is 0 Å². The quantitative estimate of drug-likeness (QED) is 0.200. The number of aliphatic hydroxyl groups is 2. The average molecular weight is 528 g/mol. The van der Waals surface area contributed by atoms with E-state index in [1.54, 1.807) is 12.1 Å². The number of Topliss-reactive ketones (excluding diaryl/α,β-unsaturated/α-hetero) is 1. The van der Waals surface area contributed by atoms with Crippen LogP contribution in [0.15, 0.2) is 66.7 Å². The maximum Gasteiger partial charge on any atom is 0.204 e. The Morgan fingerprint density at radius 1 is 1.06 bits per heavy atom. The summed E-state index contributed by atoms with van der Waals surface area (Å²) in [5, 5.41) is 23.3. The fourth-order valence-electron chi connectivity index (χ4n) is 5.22. The second-order valence-corrected chi connectivity index (χ2v) is 10.9. The molecule has 36 heavy (non-hydrogen) atoms. The zero-order chi connectivity index (χ0) is 26.1. The second kappa shape index (κ2) is 10.6. The van der Waals surface area contributed by atoms with Gasteiger partial charge in [-0.05, 0) is 85.3 Å². The highest BCUT2D eigenvalue weighted by Gasteiger charge is 2.42. The molecule has 0 bridgehead atoms. The summed E-state index contributed by atoms with van der Waals surface area (Å²) < 4.78 is 13.4. The largest absolute Gasteiger partial charge is 0.385 e. The lowest BCUT2D eigenvalue weighted by molar-refractivity contribution is -0.0415. The molecule has 1 aliphatic heterocycles. The molecule has 1 aliphatic rings. The summed E-state index contributed by atoms with van der Waals surface area (Å²) in [6.45, 7) is 5.16. The molecule has 3 aromatic rings. The van der Waals surface area contributed by atoms with E-state index in [-0.39, 0.29) is 18.0 Å². The van der Waals surface area contributed by atoms with Crippen LogP contribution < -0.4 is 0 Å². The maximum atomic E-state index is 13.4. The Kier molecular flexibility index (Phi) is 7.93. The standard InChI is InChI=1S/C29H31ClFNO3S/c1-19-4-3-5-20(2)26(19)25(18-29(35,36)27(33)21-6-12-24(31)13-7-21)32-16-14-28(34,15-17-32)22-8-10-23(30)11-9-22/h3-13,25,34-36H,14-18H2,1-2H3. The van der Waals surface area contributed by atoms with E-state index in [2.05, 4.69) is 17.5 Å². The number of nitrogens with zero attached hydrogens (tertiary/aromatic N) is 1. The Morgan fingerprint density at radius 3 is 2.17 bits per heavy atom. The van der Waals surface area contributed by atoms with Crippen LogP contribution in [0.4, 0.5) is 4.39 Å². The molecule has 1 saturated heterocycles. The number of aryl methyl sites for hydroxylation is 2. The van der Waals surface area contributed by atoms with Gasteiger partial charge in [0, 0.05) is 36.1 Å². The van der Waals surface area contributed by atoms with Gasteiger partial charge in [-0.15, -0.1) is 12.6 Å². The fourth-order valence-corrected chi connectivity index (χ4v) is 5.64. The first-order valence-corrected chi connectivity index (χ1v) is 12.9. The molecule has 3 aromatic carbocycles. The minimum Gasteiger partial charge on any atom is -0.385 e. The SMILES string of the molecule is Cc1cccc(C)c1C(CC(O)(S)C(=O)c1ccc(F)cc1)N1CCC(O)(c2ccc(Cl)cc2)CC1. The van der Waals surface area contributed by atoms with Crippen LogP contribution in [0, 0.1) is 19.7 Å². The van der Waals surface area contributed by atoms with Crippen LogP contribution in [0.2, 0.25) is 5.02 Å². The summed E-state index contributed by atoms with van der Waals surface area (Å²) in [7, 11) is 0. The number of carbonyl (C=O) groups excluding carboxylic acids is 1. The van der Waals surface area contributed by atoms with Crippen molar-refractivity contribution >= 4 is 30.0 Å². The smallest absolute Gasteiger partial charge is 0.204 e. The highest BCUT2D eigenvalue weighted by molar-refractivity contribution is 7.82. The van der Waals surface area contributed by atoms with Gasteiger partial charge in [0.15, 0.2) is 4.93 Å². The van der Waals surface area contributed by atoms with Crippen molar-refractivity contribution in [1.29, 1.82) is 0 Å². The minimum atomic E-state index is -1.97. The number of likely N-dealkylation sites (tertiary alicyclic amines) is 1. The van der Waals surface area contributed by atoms with Gasteiger partial charge in [-0.3, -0.25) is 9.69 Å². The summed E-state index contributed by atoms with van der Waals surface area (Å²) in [6.07, 6.45) is 1.03. The summed E-state index contributed by atoms with van der Waals surface area (Å²) in [5.41, 5.74) is 3.19. The Bertz CT molecular complexity index is 1200. The number of hydrogen-bond acceptors (Lipinski definition) is 5. The van der Waals surface area contributed by atoms with E-state index in [1.165, 1.54) is 24.3 Å². The molecule has 0 amide bonds. The third-order valence-corrected chi connectivity index (χ3v) is 7.91. The first-order valence-electron chi connectivity index (χ1n) is 12.0. The van der Waals surface area contributed by atoms with Crippen LogP contribution in [0.25, 0.3) is 0 Å². The molecule has 1 fully saturated rings. The number of ketones is 1. The van der Waals surface area contributed by atoms with Crippen molar-refractivity contribution in [2.24, 2.45) is 0 Å². The van der Waals surface area contributed by atoms with Gasteiger partial charge in [0.2, 0.25) is 5.78 Å². The molecule has 0 spiro atoms. The van der Waals surface area contributed by atoms with Crippen LogP contribution in [0.5, 0.6) is 0 Å². The molecule has 4 rings (SSSR count). The Balaban J connectivity index is 1.62. The first-order chi connectivity index (χ1) is 17.0. The zero-order valence-electron chi connectivity index (χ0n) is 20.4. The lowest BCUT2D eigenvalue weighted by Crippen LogP contribution is -2.47. The van der Waals surface area contributed by atoms with E-state index in [0.717, 1.165) is 22.3 Å². The average Bonchev–Trinajstić information content (AvgIpc) is 2.84. The molecule has 2 N–H and O–H groups in total. The van der Waals surface area contributed by atoms with Crippen LogP contribution in [-0.2, 0) is 5.60 Å². The molecule has 0 saturated carbocycles. The number of halogens is 2. The number of hydrogen-bond donors (Lipinski definition) is 3. The summed E-state index contributed by atoms with van der Waals surface area (Å²) in [6, 6.07) is 18.1. The van der Waals surface area contributed by atoms with Gasteiger partial charge in [0.25, 0.3) is 0 Å². The van der Waals surface area contributed by atoms with Crippen molar-refractivity contribution in [2.75, 3.05) is 13.1 Å². The van der Waals surface area contributed by atoms with Gasteiger partial charge in [-0.25, -0.2) is 4.39 Å². The lowest BCUT2D eigenvalue weighted by atomic mass is 9.82. The molecular formula is C29H31ClFNO3S. The lowest BCUT2D eigenvalue weighted by Gasteiger charge is -2.44. The zero-order valence-corrected chi connectivity index (χ0v) is 22.1. The van der Waals surface area contributed by atoms with Crippen LogP contribution in [-0.4, -0.2) is 38.9 Å². The minimum absolute atomic E-state index is 0.0391. The van der Waals surface area contributed by atoms with Crippen molar-refractivity contribution < 1.29 is 19.4 Å². The first kappa shape index (κ1) is 26.8. The number of benzene rings is 3. The summed E-state index contributed by atoms with van der Waals surface area (Å²) in [4.78, 5) is 13.4. The molecule has 2 atom stereocenters. The molecule has 190 valence electrons. The Labute approximate surface area is 222 Å². The normalized spacial score (nSPS) is 18.4. The number of thiol groups is 1. The van der Waals surface area contributed by atoms with Crippen LogP contribution in [0.1, 0.15) is 57.9 Å². The van der Waals surface area contributed by atoms with Crippen molar-refractivity contribution in [3.05, 3.63) is 105 Å². The van der Waals surface area contributed by atoms with E-state index in [1.807, 2.05) is 44.2 Å². The van der Waals surface area contributed by atoms with Gasteiger partial charge in [0.05, 0.1) is 5.60 Å². The predicted molar refractivity (Wildman–Crippen MR) is 144 cm³/mol. The van der Waals surface area contributed by atoms with E-state index in [4.69, 9.17) is 11.6 Å². The number of rotatable bonds is 7. The summed E-state index contributed by atoms with van der Waals surface area (Å²) >= 11 is 10.5. The van der Waals surface area contributed by atoms with E-state index in [9.17, 15) is 19.4 Å². The highest BCUT2D eigenvalue weighted by atomic mass is 35.5. The monoisotopic (exact) mass is 527 g/mol. The summed E-state index contributed by atoms with van der Waals surface area (Å²) in [5.74, 6) is -1.03. The predicted octanol–water partition coefficient (Wildman–Crippen LogP) is 6.01. The molecule has 0 radical (unpaired) electrons. The van der Waals surface area contributed by atoms with Gasteiger partial charge in [-0.2, -0.15) is 0 Å². The van der Waals surface area contributed by atoms with Crippen molar-refractivity contribution in [1.82, 2.24) is 4.90 Å². The van der Waals surface area contributed by atoms with E-state index < -0.39 is 22.1 Å². The molecule has 0 aliphatic carbocycles. The van der Waals surface area contributed by atoms with Crippen molar-refractivity contribution in [3.8, 4) is 0 Å². The third-order valence-electron chi connectivity index (χ3n) is 7.27. The van der Waals surface area contributed by atoms with Crippen LogP contribution >= 0.6 is 24.2 Å². The van der Waals surface area contributed by atoms with Gasteiger partial charge in [-0.1, -0.05) is 41.9 Å². The third kappa shape index (κ3) is 5.68. The second-order valence-electron chi connectivity index (χ2n) is 9.75. The maximum absolute atomic E-state index is 13.4. The molecule has 4 nitrogen and oxygen atoms in total. The number of piperidine rings is 1. The highest BCUT2D eigenvalue weighted by Crippen LogP contribution is 2.41. The fraction of sp³-hybridized carbons (Fsp3) is 0.345. The Hall–Kier alpha value is -2.22. The van der Waals surface area contributed by atoms with Crippen molar-refractivity contribution in [3.63, 3.8) is 0 Å². The van der Waals surface area contributed by atoms with Crippen molar-refractivity contribution in [2.45, 2.75) is 49.7 Å². The molecule has 7 heteroatoms. The molecule has 1 heterocycles. The molecule has 0 aromatic heterocycles. The van der Waals surface area contributed by atoms with Gasteiger partial charge >= 0.3 is 0 Å².